The van der Waals surface area contributed by atoms with E-state index < -0.39 is 16.0 Å². The van der Waals surface area contributed by atoms with E-state index in [1.807, 2.05) is 4.90 Å². The van der Waals surface area contributed by atoms with Crippen molar-refractivity contribution >= 4 is 32.5 Å². The number of carbonyl (C=O) groups is 1. The number of nitriles is 1. The van der Waals surface area contributed by atoms with Crippen molar-refractivity contribution < 1.29 is 18.3 Å². The topological polar surface area (TPSA) is 115 Å². The Morgan fingerprint density at radius 3 is 2.62 bits per heavy atom. The highest BCUT2D eigenvalue weighted by molar-refractivity contribution is 7.89. The van der Waals surface area contributed by atoms with E-state index in [-0.39, 0.29) is 23.5 Å². The van der Waals surface area contributed by atoms with E-state index in [9.17, 15) is 18.5 Å². The Bertz CT molecular complexity index is 986. The highest BCUT2D eigenvalue weighted by Gasteiger charge is 2.30. The zero-order valence-corrected chi connectivity index (χ0v) is 15.5. The second-order valence-electron chi connectivity index (χ2n) is 5.78. The van der Waals surface area contributed by atoms with E-state index in [1.54, 1.807) is 6.92 Å². The third-order valence-electron chi connectivity index (χ3n) is 4.20. The number of sulfonamides is 1. The lowest BCUT2D eigenvalue weighted by Crippen LogP contribution is -2.48. The van der Waals surface area contributed by atoms with Crippen molar-refractivity contribution in [2.45, 2.75) is 11.8 Å². The van der Waals surface area contributed by atoms with Crippen LogP contribution in [0.1, 0.15) is 21.6 Å². The molecule has 1 aromatic heterocycles. The van der Waals surface area contributed by atoms with Crippen LogP contribution in [-0.2, 0) is 10.0 Å². The van der Waals surface area contributed by atoms with E-state index in [2.05, 4.69) is 10.4 Å². The summed E-state index contributed by atoms with van der Waals surface area (Å²) in [5, 5.41) is 19.1. The van der Waals surface area contributed by atoms with Crippen molar-refractivity contribution in [3.8, 4) is 6.07 Å². The molecule has 0 amide bonds. The lowest BCUT2D eigenvalue weighted by molar-refractivity contribution is 0.0696. The first-order chi connectivity index (χ1) is 12.3. The number of nitrogens with zero attached hydrogens (tertiary/aromatic N) is 4. The molecule has 0 aliphatic carbocycles. The van der Waals surface area contributed by atoms with Crippen LogP contribution in [0, 0.1) is 18.3 Å². The van der Waals surface area contributed by atoms with E-state index in [0.717, 1.165) is 5.00 Å². The lowest BCUT2D eigenvalue weighted by Gasteiger charge is -2.34. The predicted octanol–water partition coefficient (Wildman–Crippen LogP) is 1.53. The number of hydrogen-bond acceptors (Lipinski definition) is 7. The van der Waals surface area contributed by atoms with Crippen LogP contribution in [-0.4, -0.2) is 54.4 Å². The molecule has 0 spiro atoms. The fraction of sp³-hybridized carbons (Fsp3) is 0.312. The molecule has 1 aliphatic heterocycles. The summed E-state index contributed by atoms with van der Waals surface area (Å²) in [6, 6.07) is 7.49. The minimum absolute atomic E-state index is 0.0304. The average Bonchev–Trinajstić information content (AvgIpc) is 3.02. The Morgan fingerprint density at radius 1 is 1.31 bits per heavy atom. The third kappa shape index (κ3) is 3.29. The zero-order valence-electron chi connectivity index (χ0n) is 13.9. The molecule has 26 heavy (non-hydrogen) atoms. The number of carboxylic acids is 1. The molecular formula is C16H16N4O4S2. The minimum Gasteiger partial charge on any atom is -0.478 e. The van der Waals surface area contributed by atoms with E-state index >= 15 is 0 Å². The second-order valence-corrected chi connectivity index (χ2v) is 8.47. The molecule has 0 unspecified atom stereocenters. The fourth-order valence-corrected chi connectivity index (χ4v) is 5.14. The number of rotatable bonds is 4. The van der Waals surface area contributed by atoms with Crippen molar-refractivity contribution in [3.05, 3.63) is 41.1 Å². The maximum absolute atomic E-state index is 12.8. The normalized spacial score (nSPS) is 15.6. The fourth-order valence-electron chi connectivity index (χ4n) is 2.77. The molecule has 2 heterocycles. The average molecular weight is 392 g/mol. The highest BCUT2D eigenvalue weighted by atomic mass is 32.2. The number of benzene rings is 1. The minimum atomic E-state index is -3.77. The van der Waals surface area contributed by atoms with Crippen LogP contribution in [0.15, 0.2) is 29.2 Å². The van der Waals surface area contributed by atoms with Gasteiger partial charge >= 0.3 is 5.97 Å². The molecular weight excluding hydrogens is 376 g/mol. The summed E-state index contributed by atoms with van der Waals surface area (Å²) >= 11 is 1.24. The number of aromatic carboxylic acids is 1. The van der Waals surface area contributed by atoms with E-state index in [0.29, 0.717) is 24.3 Å². The number of aromatic nitrogens is 1. The van der Waals surface area contributed by atoms with Crippen LogP contribution in [0.4, 0.5) is 5.00 Å². The summed E-state index contributed by atoms with van der Waals surface area (Å²) in [5.41, 5.74) is 1.14. The van der Waals surface area contributed by atoms with Gasteiger partial charge in [-0.3, -0.25) is 0 Å². The van der Waals surface area contributed by atoms with Crippen LogP contribution in [0.3, 0.4) is 0 Å². The number of piperazine rings is 1. The maximum Gasteiger partial charge on any atom is 0.335 e. The molecule has 136 valence electrons. The van der Waals surface area contributed by atoms with Crippen molar-refractivity contribution in [3.63, 3.8) is 0 Å². The van der Waals surface area contributed by atoms with Gasteiger partial charge < -0.3 is 10.0 Å². The first-order valence-corrected chi connectivity index (χ1v) is 10.0. The quantitative estimate of drug-likeness (QED) is 0.839. The Balaban J connectivity index is 1.78. The molecule has 0 atom stereocenters. The first-order valence-electron chi connectivity index (χ1n) is 7.79. The molecule has 8 nitrogen and oxygen atoms in total. The van der Waals surface area contributed by atoms with Crippen molar-refractivity contribution in [2.75, 3.05) is 31.1 Å². The summed E-state index contributed by atoms with van der Waals surface area (Å²) < 4.78 is 31.1. The summed E-state index contributed by atoms with van der Waals surface area (Å²) in [7, 11) is -3.77. The molecule has 10 heteroatoms. The molecule has 2 aromatic rings. The van der Waals surface area contributed by atoms with Gasteiger partial charge in [-0.1, -0.05) is 6.07 Å². The summed E-state index contributed by atoms with van der Waals surface area (Å²) in [4.78, 5) is 13.0. The van der Waals surface area contributed by atoms with E-state index in [4.69, 9.17) is 5.11 Å². The molecule has 1 N–H and O–H groups in total. The second kappa shape index (κ2) is 7.03. The van der Waals surface area contributed by atoms with Gasteiger partial charge in [0.25, 0.3) is 0 Å². The Hall–Kier alpha value is -2.48. The van der Waals surface area contributed by atoms with Crippen LogP contribution in [0.2, 0.25) is 0 Å². The Kier molecular flexibility index (Phi) is 4.95. The van der Waals surface area contributed by atoms with Gasteiger partial charge in [0.1, 0.15) is 16.6 Å². The number of carboxylic acid groups (broad SMARTS) is 1. The smallest absolute Gasteiger partial charge is 0.335 e. The predicted molar refractivity (Wildman–Crippen MR) is 95.9 cm³/mol. The summed E-state index contributed by atoms with van der Waals surface area (Å²) in [5.74, 6) is -1.17. The number of hydrogen-bond donors (Lipinski definition) is 1. The van der Waals surface area contributed by atoms with Gasteiger partial charge in [-0.05, 0) is 36.7 Å². The van der Waals surface area contributed by atoms with Crippen molar-refractivity contribution in [1.82, 2.24) is 8.68 Å². The van der Waals surface area contributed by atoms with Gasteiger partial charge in [-0.2, -0.15) is 13.9 Å². The van der Waals surface area contributed by atoms with Gasteiger partial charge in [0.2, 0.25) is 10.0 Å². The SMILES string of the molecule is Cc1nsc(N2CCN(S(=O)(=O)c3cccc(C(=O)O)c3)CC2)c1C#N. The molecule has 1 aromatic carbocycles. The summed E-state index contributed by atoms with van der Waals surface area (Å²) in [6.45, 7) is 3.15. The third-order valence-corrected chi connectivity index (χ3v) is 7.10. The Morgan fingerprint density at radius 2 is 2.00 bits per heavy atom. The number of aryl methyl sites for hydroxylation is 1. The summed E-state index contributed by atoms with van der Waals surface area (Å²) in [6.07, 6.45) is 0. The standard InChI is InChI=1S/C16H16N4O4S2/c1-11-14(10-17)15(25-18-11)19-5-7-20(8-6-19)26(23,24)13-4-2-3-12(9-13)16(21)22/h2-4,9H,5-8H2,1H3,(H,21,22). The monoisotopic (exact) mass is 392 g/mol. The van der Waals surface area contributed by atoms with Gasteiger partial charge in [0.05, 0.1) is 16.2 Å². The van der Waals surface area contributed by atoms with Gasteiger partial charge in [0.15, 0.2) is 0 Å². The molecule has 0 radical (unpaired) electrons. The molecule has 1 aliphatic rings. The molecule has 0 saturated carbocycles. The van der Waals surface area contributed by atoms with Gasteiger partial charge in [0, 0.05) is 26.2 Å². The van der Waals surface area contributed by atoms with E-state index in [1.165, 1.54) is 40.1 Å². The molecule has 1 fully saturated rings. The Labute approximate surface area is 155 Å². The molecule has 3 rings (SSSR count). The van der Waals surface area contributed by atoms with Crippen LogP contribution in [0.5, 0.6) is 0 Å². The first kappa shape index (κ1) is 18.3. The maximum atomic E-state index is 12.8. The lowest BCUT2D eigenvalue weighted by atomic mass is 10.2. The van der Waals surface area contributed by atoms with Gasteiger partial charge in [-0.15, -0.1) is 0 Å². The zero-order chi connectivity index (χ0) is 18.9. The van der Waals surface area contributed by atoms with Crippen LogP contribution < -0.4 is 4.90 Å². The van der Waals surface area contributed by atoms with Gasteiger partial charge in [-0.25, -0.2) is 13.2 Å². The van der Waals surface area contributed by atoms with Crippen LogP contribution in [0.25, 0.3) is 0 Å². The van der Waals surface area contributed by atoms with Crippen molar-refractivity contribution in [1.29, 1.82) is 5.26 Å². The molecule has 1 saturated heterocycles. The van der Waals surface area contributed by atoms with Crippen molar-refractivity contribution in [2.24, 2.45) is 0 Å². The molecule has 0 bridgehead atoms. The van der Waals surface area contributed by atoms with Crippen LogP contribution >= 0.6 is 11.5 Å². The highest BCUT2D eigenvalue weighted by Crippen LogP contribution is 2.29. The number of anilines is 1. The largest absolute Gasteiger partial charge is 0.478 e.